The number of carbonyl (C=O) groups excluding carboxylic acids is 1. The van der Waals surface area contributed by atoms with E-state index in [1.54, 1.807) is 0 Å². The molecule has 1 spiro atoms. The number of hydrogen-bond donors (Lipinski definition) is 2. The number of likely N-dealkylation sites (N-methyl/N-ethyl adjacent to an activating group) is 1. The highest BCUT2D eigenvalue weighted by Crippen LogP contribution is 2.41. The third-order valence-corrected chi connectivity index (χ3v) is 5.01. The van der Waals surface area contributed by atoms with Crippen LogP contribution in [0.3, 0.4) is 0 Å². The lowest BCUT2D eigenvalue weighted by molar-refractivity contribution is -0.154. The van der Waals surface area contributed by atoms with Gasteiger partial charge in [0, 0.05) is 32.2 Å². The first-order valence-electron chi connectivity index (χ1n) is 6.83. The first-order valence-corrected chi connectivity index (χ1v) is 6.83. The molecule has 3 rings (SSSR count). The van der Waals surface area contributed by atoms with E-state index < -0.39 is 0 Å². The predicted octanol–water partition coefficient (Wildman–Crippen LogP) is -0.718. The summed E-state index contributed by atoms with van der Waals surface area (Å²) < 4.78 is 0. The normalized spacial score (nSPS) is 38.6. The first-order chi connectivity index (χ1) is 8.54. The highest BCUT2D eigenvalue weighted by molar-refractivity contribution is 5.81. The van der Waals surface area contributed by atoms with E-state index >= 15 is 0 Å². The van der Waals surface area contributed by atoms with Gasteiger partial charge in [-0.2, -0.15) is 0 Å². The van der Waals surface area contributed by atoms with Gasteiger partial charge < -0.3 is 15.1 Å². The lowest BCUT2D eigenvalue weighted by Gasteiger charge is -2.53. The highest BCUT2D eigenvalue weighted by atomic mass is 16.3. The van der Waals surface area contributed by atoms with Gasteiger partial charge in [0.05, 0.1) is 11.6 Å². The molecule has 2 N–H and O–H groups in total. The van der Waals surface area contributed by atoms with Crippen LogP contribution >= 0.6 is 0 Å². The largest absolute Gasteiger partial charge is 0.396 e. The van der Waals surface area contributed by atoms with Crippen LogP contribution in [-0.2, 0) is 4.79 Å². The number of aliphatic hydroxyl groups excluding tert-OH is 2. The first kappa shape index (κ1) is 12.4. The van der Waals surface area contributed by atoms with Crippen LogP contribution in [0.1, 0.15) is 19.3 Å². The van der Waals surface area contributed by atoms with Gasteiger partial charge >= 0.3 is 0 Å². The van der Waals surface area contributed by atoms with Gasteiger partial charge in [0.1, 0.15) is 0 Å². The van der Waals surface area contributed by atoms with Gasteiger partial charge in [-0.3, -0.25) is 9.69 Å². The summed E-state index contributed by atoms with van der Waals surface area (Å²) in [5.41, 5.74) is 0.116. The number of nitrogens with zero attached hydrogens (tertiary/aromatic N) is 2. The van der Waals surface area contributed by atoms with E-state index in [2.05, 4.69) is 11.9 Å². The zero-order chi connectivity index (χ0) is 12.9. The Bertz CT molecular complexity index is 348. The van der Waals surface area contributed by atoms with Crippen LogP contribution in [0.25, 0.3) is 0 Å². The molecule has 1 atom stereocenters. The molecule has 0 aromatic rings. The number of likely N-dealkylation sites (tertiary alicyclic amines) is 2. The summed E-state index contributed by atoms with van der Waals surface area (Å²) in [4.78, 5) is 16.3. The highest BCUT2D eigenvalue weighted by Gasteiger charge is 2.54. The third-order valence-electron chi connectivity index (χ3n) is 5.01. The number of hydrogen-bond acceptors (Lipinski definition) is 4. The van der Waals surface area contributed by atoms with E-state index in [1.807, 2.05) is 4.90 Å². The Morgan fingerprint density at radius 2 is 2.06 bits per heavy atom. The zero-order valence-electron chi connectivity index (χ0n) is 10.9. The van der Waals surface area contributed by atoms with Crippen LogP contribution in [0, 0.1) is 11.8 Å². The lowest BCUT2D eigenvalue weighted by Crippen LogP contribution is -2.69. The predicted molar refractivity (Wildman–Crippen MR) is 65.9 cm³/mol. The van der Waals surface area contributed by atoms with Crippen LogP contribution in [0.2, 0.25) is 0 Å². The Labute approximate surface area is 107 Å². The van der Waals surface area contributed by atoms with Crippen molar-refractivity contribution in [1.29, 1.82) is 0 Å². The molecule has 3 fully saturated rings. The Morgan fingerprint density at radius 1 is 1.39 bits per heavy atom. The molecule has 102 valence electrons. The topological polar surface area (TPSA) is 64.0 Å². The smallest absolute Gasteiger partial charge is 0.226 e. The summed E-state index contributed by atoms with van der Waals surface area (Å²) in [6, 6.07) is 0. The van der Waals surface area contributed by atoms with Gasteiger partial charge in [0.25, 0.3) is 0 Å². The molecule has 2 aliphatic heterocycles. The molecule has 0 radical (unpaired) electrons. The fraction of sp³-hybridized carbons (Fsp3) is 0.923. The van der Waals surface area contributed by atoms with Crippen molar-refractivity contribution in [2.75, 3.05) is 33.3 Å². The van der Waals surface area contributed by atoms with Crippen molar-refractivity contribution in [3.8, 4) is 0 Å². The third kappa shape index (κ3) is 1.76. The molecule has 3 aliphatic rings. The molecular weight excluding hydrogens is 232 g/mol. The Balaban J connectivity index is 1.55. The molecule has 18 heavy (non-hydrogen) atoms. The minimum Gasteiger partial charge on any atom is -0.396 e. The van der Waals surface area contributed by atoms with E-state index in [4.69, 9.17) is 0 Å². The van der Waals surface area contributed by atoms with Gasteiger partial charge in [0.15, 0.2) is 0 Å². The maximum absolute atomic E-state index is 12.1. The van der Waals surface area contributed by atoms with E-state index in [9.17, 15) is 15.0 Å². The van der Waals surface area contributed by atoms with Gasteiger partial charge in [-0.05, 0) is 32.2 Å². The standard InChI is InChI=1S/C13H22N2O3/c1-14-5-9(6-16)4-13(14)7-15(8-13)12(18)10-2-11(17)3-10/h9-11,16-17H,2-8H2,1H3. The second-order valence-electron chi connectivity index (χ2n) is 6.37. The Hall–Kier alpha value is -0.650. The van der Waals surface area contributed by atoms with Crippen molar-refractivity contribution in [1.82, 2.24) is 9.80 Å². The average molecular weight is 254 g/mol. The Morgan fingerprint density at radius 3 is 2.56 bits per heavy atom. The molecule has 1 unspecified atom stereocenters. The van der Waals surface area contributed by atoms with E-state index in [0.29, 0.717) is 18.8 Å². The molecule has 1 aliphatic carbocycles. The van der Waals surface area contributed by atoms with Crippen LogP contribution in [0.5, 0.6) is 0 Å². The maximum Gasteiger partial charge on any atom is 0.226 e. The van der Waals surface area contributed by atoms with E-state index in [-0.39, 0.29) is 30.1 Å². The SMILES string of the molecule is CN1CC(CO)CC12CN(C(=O)C1CC(O)C1)C2. The van der Waals surface area contributed by atoms with Gasteiger partial charge in [-0.15, -0.1) is 0 Å². The molecule has 0 aromatic carbocycles. The summed E-state index contributed by atoms with van der Waals surface area (Å²) in [6.07, 6.45) is 2.01. The minimum atomic E-state index is -0.262. The number of aliphatic hydroxyl groups is 2. The summed E-state index contributed by atoms with van der Waals surface area (Å²) in [6.45, 7) is 2.77. The molecule has 2 heterocycles. The van der Waals surface area contributed by atoms with Crippen LogP contribution < -0.4 is 0 Å². The maximum atomic E-state index is 12.1. The van der Waals surface area contributed by atoms with Crippen molar-refractivity contribution in [2.45, 2.75) is 30.9 Å². The summed E-state index contributed by atoms with van der Waals surface area (Å²) >= 11 is 0. The van der Waals surface area contributed by atoms with Gasteiger partial charge in [-0.1, -0.05) is 0 Å². The van der Waals surface area contributed by atoms with Crippen molar-refractivity contribution < 1.29 is 15.0 Å². The molecular formula is C13H22N2O3. The molecule has 5 heteroatoms. The summed E-state index contributed by atoms with van der Waals surface area (Å²) in [5.74, 6) is 0.627. The quantitative estimate of drug-likeness (QED) is 0.683. The zero-order valence-corrected chi connectivity index (χ0v) is 10.9. The molecule has 5 nitrogen and oxygen atoms in total. The number of rotatable bonds is 2. The monoisotopic (exact) mass is 254 g/mol. The molecule has 1 saturated carbocycles. The van der Waals surface area contributed by atoms with Crippen LogP contribution in [-0.4, -0.2) is 70.9 Å². The van der Waals surface area contributed by atoms with Crippen molar-refractivity contribution in [3.05, 3.63) is 0 Å². The van der Waals surface area contributed by atoms with E-state index in [1.165, 1.54) is 0 Å². The molecule has 0 aromatic heterocycles. The van der Waals surface area contributed by atoms with Crippen LogP contribution in [0.4, 0.5) is 0 Å². The number of carbonyl (C=O) groups is 1. The minimum absolute atomic E-state index is 0.0534. The van der Waals surface area contributed by atoms with Crippen molar-refractivity contribution >= 4 is 5.91 Å². The summed E-state index contributed by atoms with van der Waals surface area (Å²) in [5, 5.41) is 18.5. The molecule has 0 bridgehead atoms. The second kappa shape index (κ2) is 4.18. The fourth-order valence-electron chi connectivity index (χ4n) is 3.70. The van der Waals surface area contributed by atoms with Gasteiger partial charge in [0.2, 0.25) is 5.91 Å². The summed E-state index contributed by atoms with van der Waals surface area (Å²) in [7, 11) is 2.09. The second-order valence-corrected chi connectivity index (χ2v) is 6.37. The lowest BCUT2D eigenvalue weighted by atomic mass is 9.78. The fourth-order valence-corrected chi connectivity index (χ4v) is 3.70. The van der Waals surface area contributed by atoms with E-state index in [0.717, 1.165) is 26.1 Å². The molecule has 2 saturated heterocycles. The average Bonchev–Trinajstić information content (AvgIpc) is 2.59. The van der Waals surface area contributed by atoms with Gasteiger partial charge in [-0.25, -0.2) is 0 Å². The van der Waals surface area contributed by atoms with Crippen molar-refractivity contribution in [3.63, 3.8) is 0 Å². The number of amides is 1. The molecule has 1 amide bonds. The van der Waals surface area contributed by atoms with Crippen LogP contribution in [0.15, 0.2) is 0 Å². The van der Waals surface area contributed by atoms with Crippen molar-refractivity contribution in [2.24, 2.45) is 11.8 Å². The Kier molecular flexibility index (Phi) is 2.88.